The summed E-state index contributed by atoms with van der Waals surface area (Å²) < 4.78 is 0. The molecule has 0 amide bonds. The molecule has 0 saturated heterocycles. The van der Waals surface area contributed by atoms with Gasteiger partial charge in [-0.2, -0.15) is 15.8 Å². The lowest BCUT2D eigenvalue weighted by molar-refractivity contribution is 0.274. The molecule has 5 heteroatoms. The monoisotopic (exact) mass is 334 g/mol. The van der Waals surface area contributed by atoms with E-state index in [2.05, 4.69) is 31.2 Å². The molecule has 4 nitrogen and oxygen atoms in total. The molecular formula is C19H18N4S. The van der Waals surface area contributed by atoms with E-state index in [-0.39, 0.29) is 17.5 Å². The van der Waals surface area contributed by atoms with Gasteiger partial charge in [0.1, 0.15) is 6.07 Å². The Kier molecular flexibility index (Phi) is 4.18. The summed E-state index contributed by atoms with van der Waals surface area (Å²) in [4.78, 5) is 0.991. The molecule has 2 aliphatic rings. The molecule has 2 N–H and O–H groups in total. The zero-order valence-electron chi connectivity index (χ0n) is 13.5. The number of fused-ring (bicyclic) bond motifs is 1. The molecule has 0 spiro atoms. The van der Waals surface area contributed by atoms with Crippen molar-refractivity contribution in [2.45, 2.75) is 32.1 Å². The molecule has 3 rings (SSSR count). The highest BCUT2D eigenvalue weighted by Crippen LogP contribution is 2.57. The van der Waals surface area contributed by atoms with Crippen molar-refractivity contribution in [3.05, 3.63) is 45.3 Å². The normalized spacial score (nSPS) is 28.1. The average molecular weight is 334 g/mol. The van der Waals surface area contributed by atoms with E-state index < -0.39 is 5.41 Å². The number of nitrogens with zero attached hydrogens (tertiary/aromatic N) is 3. The number of hydrogen-bond acceptors (Lipinski definition) is 5. The summed E-state index contributed by atoms with van der Waals surface area (Å²) in [7, 11) is 0. The SMILES string of the molecule is CC[C@@H]1CC=C2C(C#N)=C(N)C(C#N)(C#N)[C@H](c3cccs3)[C@@H]2C1. The van der Waals surface area contributed by atoms with E-state index in [9.17, 15) is 15.8 Å². The van der Waals surface area contributed by atoms with Gasteiger partial charge in [0.2, 0.25) is 0 Å². The summed E-state index contributed by atoms with van der Waals surface area (Å²) in [5.41, 5.74) is 6.14. The number of thiophene rings is 1. The van der Waals surface area contributed by atoms with Crippen LogP contribution in [0.4, 0.5) is 0 Å². The van der Waals surface area contributed by atoms with Gasteiger partial charge in [0, 0.05) is 10.8 Å². The first-order valence-corrected chi connectivity index (χ1v) is 8.97. The molecule has 1 aromatic rings. The van der Waals surface area contributed by atoms with E-state index in [1.807, 2.05) is 17.5 Å². The fourth-order valence-electron chi connectivity index (χ4n) is 4.07. The molecular weight excluding hydrogens is 316 g/mol. The molecule has 120 valence electrons. The first kappa shape index (κ1) is 16.3. The average Bonchev–Trinajstić information content (AvgIpc) is 3.14. The van der Waals surface area contributed by atoms with Crippen LogP contribution < -0.4 is 5.73 Å². The first-order chi connectivity index (χ1) is 11.6. The van der Waals surface area contributed by atoms with E-state index in [1.54, 1.807) is 11.3 Å². The second kappa shape index (κ2) is 6.16. The number of allylic oxidation sites excluding steroid dienone is 4. The number of hydrogen-bond donors (Lipinski definition) is 1. The number of rotatable bonds is 2. The van der Waals surface area contributed by atoms with Crippen LogP contribution in [0, 0.1) is 51.2 Å². The Bertz CT molecular complexity index is 812. The third-order valence-corrected chi connectivity index (χ3v) is 6.36. The molecule has 1 heterocycles. The number of nitrogens with two attached hydrogens (primary N) is 1. The molecule has 0 unspecified atom stereocenters. The second-order valence-corrected chi connectivity index (χ2v) is 7.42. The largest absolute Gasteiger partial charge is 0.399 e. The minimum absolute atomic E-state index is 0.0106. The summed E-state index contributed by atoms with van der Waals surface area (Å²) in [6.07, 6.45) is 4.95. The summed E-state index contributed by atoms with van der Waals surface area (Å²) in [6, 6.07) is 10.4. The zero-order valence-corrected chi connectivity index (χ0v) is 14.3. The van der Waals surface area contributed by atoms with Gasteiger partial charge in [0.25, 0.3) is 0 Å². The molecule has 0 fully saturated rings. The van der Waals surface area contributed by atoms with Crippen molar-refractivity contribution in [1.82, 2.24) is 0 Å². The van der Waals surface area contributed by atoms with Gasteiger partial charge in [-0.3, -0.25) is 0 Å². The summed E-state index contributed by atoms with van der Waals surface area (Å²) >= 11 is 1.55. The summed E-state index contributed by atoms with van der Waals surface area (Å²) in [6.45, 7) is 2.16. The standard InChI is InChI=1S/C19H18N4S/c1-2-12-5-6-13-14(8-12)17(16-4-3-7-24-16)19(10-21,11-22)18(23)15(13)9-20/h3-4,6-7,12,14,17H,2,5,8,23H2,1H3/t12-,14-,17+/m1/s1. The Labute approximate surface area is 146 Å². The minimum Gasteiger partial charge on any atom is -0.399 e. The lowest BCUT2D eigenvalue weighted by Gasteiger charge is -2.44. The Morgan fingerprint density at radius 1 is 1.33 bits per heavy atom. The van der Waals surface area contributed by atoms with E-state index in [1.165, 1.54) is 0 Å². The van der Waals surface area contributed by atoms with Crippen LogP contribution in [0.1, 0.15) is 37.0 Å². The molecule has 2 aliphatic carbocycles. The van der Waals surface area contributed by atoms with E-state index in [0.717, 1.165) is 29.7 Å². The predicted octanol–water partition coefficient (Wildman–Crippen LogP) is 3.98. The van der Waals surface area contributed by atoms with Gasteiger partial charge in [-0.25, -0.2) is 0 Å². The van der Waals surface area contributed by atoms with Crippen molar-refractivity contribution in [3.8, 4) is 18.2 Å². The third-order valence-electron chi connectivity index (χ3n) is 5.40. The maximum atomic E-state index is 9.90. The molecule has 24 heavy (non-hydrogen) atoms. The van der Waals surface area contributed by atoms with E-state index in [4.69, 9.17) is 5.73 Å². The van der Waals surface area contributed by atoms with Crippen LogP contribution >= 0.6 is 11.3 Å². The van der Waals surface area contributed by atoms with Crippen LogP contribution in [0.5, 0.6) is 0 Å². The van der Waals surface area contributed by atoms with E-state index in [0.29, 0.717) is 11.5 Å². The van der Waals surface area contributed by atoms with Crippen molar-refractivity contribution in [3.63, 3.8) is 0 Å². The fourth-order valence-corrected chi connectivity index (χ4v) is 5.03. The maximum absolute atomic E-state index is 9.90. The lowest BCUT2D eigenvalue weighted by Crippen LogP contribution is -2.43. The van der Waals surface area contributed by atoms with Crippen molar-refractivity contribution >= 4 is 11.3 Å². The highest BCUT2D eigenvalue weighted by atomic mass is 32.1. The van der Waals surface area contributed by atoms with Crippen molar-refractivity contribution < 1.29 is 0 Å². The van der Waals surface area contributed by atoms with Crippen molar-refractivity contribution in [2.75, 3.05) is 0 Å². The van der Waals surface area contributed by atoms with Gasteiger partial charge in [0.15, 0.2) is 5.41 Å². The van der Waals surface area contributed by atoms with E-state index >= 15 is 0 Å². The highest BCUT2D eigenvalue weighted by Gasteiger charge is 2.54. The Morgan fingerprint density at radius 3 is 2.62 bits per heavy atom. The van der Waals surface area contributed by atoms with Gasteiger partial charge < -0.3 is 5.73 Å². The van der Waals surface area contributed by atoms with Crippen LogP contribution in [-0.2, 0) is 0 Å². The van der Waals surface area contributed by atoms with Gasteiger partial charge in [-0.1, -0.05) is 25.5 Å². The molecule has 0 aliphatic heterocycles. The lowest BCUT2D eigenvalue weighted by atomic mass is 9.57. The number of nitriles is 3. The van der Waals surface area contributed by atoms with Crippen LogP contribution in [0.2, 0.25) is 0 Å². The molecule has 0 bridgehead atoms. The highest BCUT2D eigenvalue weighted by molar-refractivity contribution is 7.10. The molecule has 3 atom stereocenters. The van der Waals surface area contributed by atoms with Gasteiger partial charge in [-0.15, -0.1) is 11.3 Å². The topological polar surface area (TPSA) is 97.4 Å². The fraction of sp³-hybridized carbons (Fsp3) is 0.421. The smallest absolute Gasteiger partial charge is 0.192 e. The Balaban J connectivity index is 2.29. The molecule has 0 saturated carbocycles. The molecule has 0 radical (unpaired) electrons. The maximum Gasteiger partial charge on any atom is 0.192 e. The molecule has 0 aromatic carbocycles. The first-order valence-electron chi connectivity index (χ1n) is 8.09. The minimum atomic E-state index is -1.48. The van der Waals surface area contributed by atoms with Gasteiger partial charge in [-0.05, 0) is 41.7 Å². The predicted molar refractivity (Wildman–Crippen MR) is 92.1 cm³/mol. The van der Waals surface area contributed by atoms with Crippen LogP contribution in [-0.4, -0.2) is 0 Å². The summed E-state index contributed by atoms with van der Waals surface area (Å²) in [5, 5.41) is 31.4. The summed E-state index contributed by atoms with van der Waals surface area (Å²) in [5.74, 6) is 0.185. The van der Waals surface area contributed by atoms with Crippen molar-refractivity contribution in [1.29, 1.82) is 15.8 Å². The Morgan fingerprint density at radius 2 is 2.08 bits per heavy atom. The Hall–Kier alpha value is -2.55. The van der Waals surface area contributed by atoms with Crippen LogP contribution in [0.25, 0.3) is 0 Å². The van der Waals surface area contributed by atoms with Gasteiger partial charge >= 0.3 is 0 Å². The van der Waals surface area contributed by atoms with Crippen LogP contribution in [0.3, 0.4) is 0 Å². The quantitative estimate of drug-likeness (QED) is 0.884. The third kappa shape index (κ3) is 2.15. The van der Waals surface area contributed by atoms with Crippen LogP contribution in [0.15, 0.2) is 40.4 Å². The zero-order chi connectivity index (χ0) is 17.3. The van der Waals surface area contributed by atoms with Gasteiger partial charge in [0.05, 0.1) is 23.4 Å². The van der Waals surface area contributed by atoms with Crippen molar-refractivity contribution in [2.24, 2.45) is 23.0 Å². The second-order valence-electron chi connectivity index (χ2n) is 6.44. The molecule has 1 aromatic heterocycles.